The van der Waals surface area contributed by atoms with Crippen molar-refractivity contribution >= 4 is 17.7 Å². The molecular weight excluding hydrogens is 418 g/mol. The molecule has 0 aliphatic carbocycles. The Hall–Kier alpha value is -3.31. The number of aromatic nitrogens is 1. The molecule has 0 radical (unpaired) electrons. The zero-order valence-corrected chi connectivity index (χ0v) is 18.4. The average molecular weight is 442 g/mol. The van der Waals surface area contributed by atoms with Gasteiger partial charge in [-0.05, 0) is 43.2 Å². The highest BCUT2D eigenvalue weighted by atomic mass is 32.2. The summed E-state index contributed by atoms with van der Waals surface area (Å²) >= 11 is 1.25. The summed E-state index contributed by atoms with van der Waals surface area (Å²) in [6, 6.07) is 9.20. The minimum absolute atomic E-state index is 0.0369. The molecule has 1 aliphatic rings. The zero-order valence-electron chi connectivity index (χ0n) is 17.6. The Morgan fingerprint density at radius 2 is 1.97 bits per heavy atom. The Morgan fingerprint density at radius 3 is 2.77 bits per heavy atom. The Kier molecular flexibility index (Phi) is 7.68. The standard InChI is InChI=1S/C21H17NO6S.C2H6/c1-13-17(10-16-6-5-15(28-16)3-2-8-29-11-20(23)24)22-21(27-13)14-4-7-18-19(9-14)26-12-25-18;1-2/h4-7,9H,8,10-12H2,1H3,(H,23,24);1-2H3. The Bertz CT molecular complexity index is 1100. The summed E-state index contributed by atoms with van der Waals surface area (Å²) in [4.78, 5) is 15.1. The van der Waals surface area contributed by atoms with E-state index in [0.717, 1.165) is 17.0 Å². The molecular formula is C23H23NO6S. The van der Waals surface area contributed by atoms with Crippen molar-refractivity contribution in [1.82, 2.24) is 4.98 Å². The molecule has 31 heavy (non-hydrogen) atoms. The van der Waals surface area contributed by atoms with Crippen LogP contribution in [-0.2, 0) is 11.2 Å². The van der Waals surface area contributed by atoms with Crippen LogP contribution in [0.2, 0.25) is 0 Å². The molecule has 4 rings (SSSR count). The third-order valence-electron chi connectivity index (χ3n) is 4.13. The van der Waals surface area contributed by atoms with Crippen LogP contribution in [0.1, 0.15) is 36.8 Å². The number of aliphatic carboxylic acids is 1. The molecule has 8 heteroatoms. The van der Waals surface area contributed by atoms with E-state index in [-0.39, 0.29) is 12.5 Å². The van der Waals surface area contributed by atoms with Crippen LogP contribution < -0.4 is 9.47 Å². The van der Waals surface area contributed by atoms with E-state index in [9.17, 15) is 4.79 Å². The van der Waals surface area contributed by atoms with Gasteiger partial charge >= 0.3 is 5.97 Å². The van der Waals surface area contributed by atoms with Crippen molar-refractivity contribution in [3.63, 3.8) is 0 Å². The molecule has 0 amide bonds. The molecule has 0 fully saturated rings. The fraction of sp³-hybridized carbons (Fsp3) is 0.304. The van der Waals surface area contributed by atoms with E-state index in [1.54, 1.807) is 6.07 Å². The van der Waals surface area contributed by atoms with E-state index in [2.05, 4.69) is 16.8 Å². The minimum Gasteiger partial charge on any atom is -0.481 e. The van der Waals surface area contributed by atoms with Crippen LogP contribution in [0.25, 0.3) is 11.5 Å². The van der Waals surface area contributed by atoms with Crippen LogP contribution in [0, 0.1) is 18.8 Å². The van der Waals surface area contributed by atoms with Gasteiger partial charge < -0.3 is 23.4 Å². The molecule has 0 unspecified atom stereocenters. The maximum absolute atomic E-state index is 10.5. The van der Waals surface area contributed by atoms with Crippen LogP contribution in [0.15, 0.2) is 39.2 Å². The van der Waals surface area contributed by atoms with E-state index in [1.165, 1.54) is 11.8 Å². The molecule has 162 valence electrons. The summed E-state index contributed by atoms with van der Waals surface area (Å²) in [5, 5.41) is 8.60. The number of ether oxygens (including phenoxy) is 2. The van der Waals surface area contributed by atoms with Crippen molar-refractivity contribution in [2.45, 2.75) is 27.2 Å². The Labute approximate surface area is 184 Å². The predicted octanol–water partition coefficient (Wildman–Crippen LogP) is 4.76. The molecule has 0 saturated heterocycles. The molecule has 0 spiro atoms. The van der Waals surface area contributed by atoms with E-state index in [0.29, 0.717) is 41.1 Å². The number of benzene rings is 1. The van der Waals surface area contributed by atoms with Gasteiger partial charge in [0.1, 0.15) is 11.5 Å². The average Bonchev–Trinajstić information content (AvgIpc) is 3.49. The lowest BCUT2D eigenvalue weighted by atomic mass is 10.2. The number of hydrogen-bond acceptors (Lipinski definition) is 7. The molecule has 0 atom stereocenters. The Balaban J connectivity index is 0.00000132. The zero-order chi connectivity index (χ0) is 22.2. The van der Waals surface area contributed by atoms with Gasteiger partial charge in [0.25, 0.3) is 0 Å². The smallest absolute Gasteiger partial charge is 0.313 e. The number of carboxylic acid groups (broad SMARTS) is 1. The van der Waals surface area contributed by atoms with Gasteiger partial charge in [0.15, 0.2) is 17.3 Å². The normalized spacial score (nSPS) is 11.3. The third-order valence-corrected chi connectivity index (χ3v) is 4.93. The molecule has 1 aliphatic heterocycles. The van der Waals surface area contributed by atoms with Gasteiger partial charge in [0, 0.05) is 5.56 Å². The number of carboxylic acids is 1. The first-order valence-electron chi connectivity index (χ1n) is 9.82. The van der Waals surface area contributed by atoms with Crippen molar-refractivity contribution in [1.29, 1.82) is 0 Å². The summed E-state index contributed by atoms with van der Waals surface area (Å²) in [5.74, 6) is 9.28. The molecule has 2 aromatic heterocycles. The van der Waals surface area contributed by atoms with Crippen molar-refractivity contribution < 1.29 is 28.2 Å². The highest BCUT2D eigenvalue weighted by Crippen LogP contribution is 2.36. The molecule has 7 nitrogen and oxygen atoms in total. The molecule has 1 aromatic carbocycles. The molecule has 0 saturated carbocycles. The van der Waals surface area contributed by atoms with Gasteiger partial charge in [-0.25, -0.2) is 4.98 Å². The molecule has 0 bridgehead atoms. The quantitative estimate of drug-likeness (QED) is 0.432. The van der Waals surface area contributed by atoms with E-state index in [1.807, 2.05) is 45.0 Å². The summed E-state index contributed by atoms with van der Waals surface area (Å²) < 4.78 is 22.3. The van der Waals surface area contributed by atoms with Gasteiger partial charge in [-0.1, -0.05) is 19.8 Å². The number of aryl methyl sites for hydroxylation is 1. The maximum atomic E-state index is 10.5. The van der Waals surface area contributed by atoms with Crippen LogP contribution in [0.4, 0.5) is 0 Å². The van der Waals surface area contributed by atoms with Gasteiger partial charge in [-0.3, -0.25) is 4.79 Å². The largest absolute Gasteiger partial charge is 0.481 e. The maximum Gasteiger partial charge on any atom is 0.313 e. The van der Waals surface area contributed by atoms with Gasteiger partial charge in [-0.2, -0.15) is 0 Å². The number of thioether (sulfide) groups is 1. The van der Waals surface area contributed by atoms with Crippen LogP contribution in [0.5, 0.6) is 11.5 Å². The van der Waals surface area contributed by atoms with Crippen molar-refractivity contribution in [3.05, 3.63) is 53.3 Å². The lowest BCUT2D eigenvalue weighted by molar-refractivity contribution is -0.133. The molecule has 1 N–H and O–H groups in total. The number of furan rings is 1. The Morgan fingerprint density at radius 1 is 1.16 bits per heavy atom. The number of hydrogen-bond donors (Lipinski definition) is 1. The minimum atomic E-state index is -0.847. The van der Waals surface area contributed by atoms with Crippen LogP contribution in [0.3, 0.4) is 0 Å². The van der Waals surface area contributed by atoms with Crippen LogP contribution >= 0.6 is 11.8 Å². The van der Waals surface area contributed by atoms with Crippen molar-refractivity contribution in [2.75, 3.05) is 18.3 Å². The fourth-order valence-electron chi connectivity index (χ4n) is 2.76. The van der Waals surface area contributed by atoms with Gasteiger partial charge in [-0.15, -0.1) is 11.8 Å². The second-order valence-corrected chi connectivity index (χ2v) is 7.21. The van der Waals surface area contributed by atoms with Crippen molar-refractivity contribution in [2.24, 2.45) is 0 Å². The first-order valence-corrected chi connectivity index (χ1v) is 11.0. The lowest BCUT2D eigenvalue weighted by Gasteiger charge is -1.98. The topological polar surface area (TPSA) is 94.9 Å². The number of oxazole rings is 1. The van der Waals surface area contributed by atoms with Gasteiger partial charge in [0.2, 0.25) is 12.7 Å². The van der Waals surface area contributed by atoms with Crippen LogP contribution in [-0.4, -0.2) is 34.4 Å². The summed E-state index contributed by atoms with van der Waals surface area (Å²) in [7, 11) is 0. The highest BCUT2D eigenvalue weighted by Gasteiger charge is 2.18. The van der Waals surface area contributed by atoms with Gasteiger partial charge in [0.05, 0.1) is 23.6 Å². The SMILES string of the molecule is CC.Cc1oc(-c2ccc3c(c2)OCO3)nc1Cc1ccc(C#CCSCC(=O)O)o1. The number of carbonyl (C=O) groups is 1. The summed E-state index contributed by atoms with van der Waals surface area (Å²) in [5.41, 5.74) is 1.59. The second kappa shape index (κ2) is 10.6. The number of rotatable bonds is 6. The molecule has 3 heterocycles. The molecule has 3 aromatic rings. The summed E-state index contributed by atoms with van der Waals surface area (Å²) in [6.45, 7) is 6.08. The fourth-order valence-corrected chi connectivity index (χ4v) is 3.21. The number of fused-ring (bicyclic) bond motifs is 1. The first kappa shape index (κ1) is 22.4. The second-order valence-electron chi connectivity index (χ2n) is 6.22. The first-order chi connectivity index (χ1) is 15.1. The third kappa shape index (κ3) is 5.86. The highest BCUT2D eigenvalue weighted by molar-refractivity contribution is 8.00. The van der Waals surface area contributed by atoms with E-state index in [4.69, 9.17) is 23.4 Å². The van der Waals surface area contributed by atoms with E-state index >= 15 is 0 Å². The lowest BCUT2D eigenvalue weighted by Crippen LogP contribution is -1.97. The monoisotopic (exact) mass is 441 g/mol. The van der Waals surface area contributed by atoms with E-state index < -0.39 is 5.97 Å². The summed E-state index contributed by atoms with van der Waals surface area (Å²) in [6.07, 6.45) is 0.481. The predicted molar refractivity (Wildman–Crippen MR) is 117 cm³/mol. The van der Waals surface area contributed by atoms with Crippen molar-refractivity contribution in [3.8, 4) is 34.8 Å². The number of nitrogens with zero attached hydrogens (tertiary/aromatic N) is 1.